The number of esters is 1. The molecule has 4 unspecified atom stereocenters. The summed E-state index contributed by atoms with van der Waals surface area (Å²) in [6, 6.07) is 8.86. The van der Waals surface area contributed by atoms with Gasteiger partial charge in [0, 0.05) is 0 Å². The van der Waals surface area contributed by atoms with E-state index in [0.717, 1.165) is 0 Å². The number of hydrogen-bond acceptors (Lipinski definition) is 4. The van der Waals surface area contributed by atoms with Crippen molar-refractivity contribution in [1.82, 2.24) is 5.32 Å². The van der Waals surface area contributed by atoms with Crippen LogP contribution in [0.25, 0.3) is 0 Å². The predicted octanol–water partition coefficient (Wildman–Crippen LogP) is 0.930. The van der Waals surface area contributed by atoms with Gasteiger partial charge in [0.1, 0.15) is 6.10 Å². The fourth-order valence-corrected chi connectivity index (χ4v) is 3.47. The van der Waals surface area contributed by atoms with E-state index in [1.165, 1.54) is 0 Å². The lowest BCUT2D eigenvalue weighted by Crippen LogP contribution is -2.76. The molecule has 2 fully saturated rings. The fraction of sp³-hybridized carbons (Fsp3) is 0.467. The molecule has 0 spiro atoms. The van der Waals surface area contributed by atoms with Crippen LogP contribution in [0.15, 0.2) is 30.3 Å². The van der Waals surface area contributed by atoms with Crippen LogP contribution in [0.4, 0.5) is 0 Å². The van der Waals surface area contributed by atoms with Crippen molar-refractivity contribution in [3.8, 4) is 0 Å². The van der Waals surface area contributed by atoms with Crippen LogP contribution < -0.4 is 5.32 Å². The Labute approximate surface area is 116 Å². The van der Waals surface area contributed by atoms with Crippen molar-refractivity contribution in [1.29, 1.82) is 0 Å². The molecule has 2 heterocycles. The summed E-state index contributed by atoms with van der Waals surface area (Å²) in [6.07, 6.45) is -0.561. The Morgan fingerprint density at radius 3 is 2.55 bits per heavy atom. The van der Waals surface area contributed by atoms with Crippen LogP contribution in [-0.4, -0.2) is 28.1 Å². The number of aliphatic hydroxyl groups is 1. The lowest BCUT2D eigenvalue weighted by atomic mass is 9.67. The molecule has 0 bridgehead atoms. The third-order valence-corrected chi connectivity index (χ3v) is 4.65. The number of ether oxygens (including phenoxy) is 1. The van der Waals surface area contributed by atoms with Crippen LogP contribution in [0.5, 0.6) is 0 Å². The van der Waals surface area contributed by atoms with Gasteiger partial charge in [0.15, 0.2) is 5.60 Å². The highest BCUT2D eigenvalue weighted by molar-refractivity contribution is 6.01. The fourth-order valence-electron chi connectivity index (χ4n) is 3.47. The zero-order chi connectivity index (χ0) is 14.5. The molecule has 2 saturated heterocycles. The first-order valence-corrected chi connectivity index (χ1v) is 6.76. The van der Waals surface area contributed by atoms with Crippen molar-refractivity contribution in [2.75, 3.05) is 0 Å². The van der Waals surface area contributed by atoms with E-state index in [4.69, 9.17) is 4.74 Å². The maximum atomic E-state index is 12.1. The van der Waals surface area contributed by atoms with E-state index in [9.17, 15) is 14.7 Å². The average molecular weight is 275 g/mol. The van der Waals surface area contributed by atoms with Gasteiger partial charge in [0.25, 0.3) is 0 Å². The molecule has 2 N–H and O–H groups in total. The molecule has 1 aromatic rings. The van der Waals surface area contributed by atoms with Crippen molar-refractivity contribution in [2.45, 2.75) is 37.5 Å². The van der Waals surface area contributed by atoms with E-state index in [-0.39, 0.29) is 5.91 Å². The van der Waals surface area contributed by atoms with Gasteiger partial charge in [-0.05, 0) is 18.9 Å². The van der Waals surface area contributed by atoms with E-state index >= 15 is 0 Å². The first kappa shape index (κ1) is 13.1. The third kappa shape index (κ3) is 1.31. The van der Waals surface area contributed by atoms with Gasteiger partial charge in [-0.3, -0.25) is 4.79 Å². The Hall–Kier alpha value is -1.88. The van der Waals surface area contributed by atoms with Gasteiger partial charge in [-0.2, -0.15) is 0 Å². The topological polar surface area (TPSA) is 75.6 Å². The standard InChI is InChI=1S/C15H17NO4/c1-3-10-12(18)16-15(13(19)20-14(10,15)2)11(17)9-7-5-4-6-8-9/h4-8,10-11,17H,3H2,1-2H3,(H,16,18). The second-order valence-electron chi connectivity index (χ2n) is 5.57. The lowest BCUT2D eigenvalue weighted by Gasteiger charge is -2.53. The summed E-state index contributed by atoms with van der Waals surface area (Å²) in [4.78, 5) is 24.2. The molecule has 106 valence electrons. The Morgan fingerprint density at radius 1 is 1.35 bits per heavy atom. The quantitative estimate of drug-likeness (QED) is 0.805. The first-order valence-electron chi connectivity index (χ1n) is 6.76. The number of benzene rings is 1. The van der Waals surface area contributed by atoms with Crippen molar-refractivity contribution in [2.24, 2.45) is 5.92 Å². The number of nitrogens with one attached hydrogen (secondary N) is 1. The zero-order valence-corrected chi connectivity index (χ0v) is 11.4. The molecule has 0 aliphatic carbocycles. The zero-order valence-electron chi connectivity index (χ0n) is 11.4. The van der Waals surface area contributed by atoms with Crippen molar-refractivity contribution in [3.05, 3.63) is 35.9 Å². The summed E-state index contributed by atoms with van der Waals surface area (Å²) in [7, 11) is 0. The van der Waals surface area contributed by atoms with Crippen LogP contribution in [0.3, 0.4) is 0 Å². The molecule has 20 heavy (non-hydrogen) atoms. The minimum absolute atomic E-state index is 0.240. The van der Waals surface area contributed by atoms with Gasteiger partial charge in [0.2, 0.25) is 11.4 Å². The van der Waals surface area contributed by atoms with Crippen molar-refractivity contribution in [3.63, 3.8) is 0 Å². The van der Waals surface area contributed by atoms with Crippen molar-refractivity contribution >= 4 is 11.9 Å². The van der Waals surface area contributed by atoms with E-state index in [2.05, 4.69) is 5.32 Å². The Kier molecular flexibility index (Phi) is 2.66. The molecule has 3 rings (SSSR count). The summed E-state index contributed by atoms with van der Waals surface area (Å²) in [5.41, 5.74) is -1.77. The second-order valence-corrected chi connectivity index (χ2v) is 5.57. The number of hydrogen-bond donors (Lipinski definition) is 2. The minimum Gasteiger partial charge on any atom is -0.453 e. The molecule has 1 amide bonds. The maximum absolute atomic E-state index is 12.1. The normalized spacial score (nSPS) is 36.6. The Morgan fingerprint density at radius 2 is 2.00 bits per heavy atom. The maximum Gasteiger partial charge on any atom is 0.339 e. The molecular formula is C15H17NO4. The third-order valence-electron chi connectivity index (χ3n) is 4.65. The number of amides is 1. The van der Waals surface area contributed by atoms with E-state index in [1.54, 1.807) is 31.2 Å². The molecule has 0 saturated carbocycles. The van der Waals surface area contributed by atoms with Gasteiger partial charge in [-0.1, -0.05) is 37.3 Å². The molecule has 1 aromatic carbocycles. The molecular weight excluding hydrogens is 258 g/mol. The van der Waals surface area contributed by atoms with Crippen molar-refractivity contribution < 1.29 is 19.4 Å². The highest BCUT2D eigenvalue weighted by Gasteiger charge is 2.78. The predicted molar refractivity (Wildman–Crippen MR) is 70.6 cm³/mol. The van der Waals surface area contributed by atoms with Crippen LogP contribution in [0.2, 0.25) is 0 Å². The average Bonchev–Trinajstić information content (AvgIpc) is 2.62. The van der Waals surface area contributed by atoms with Crippen LogP contribution >= 0.6 is 0 Å². The van der Waals surface area contributed by atoms with Crippen LogP contribution in [0.1, 0.15) is 31.9 Å². The number of aliphatic hydroxyl groups excluding tert-OH is 1. The number of carbonyl (C=O) groups is 2. The molecule has 4 atom stereocenters. The highest BCUT2D eigenvalue weighted by atomic mass is 16.6. The van der Waals surface area contributed by atoms with Gasteiger partial charge in [-0.25, -0.2) is 4.79 Å². The summed E-state index contributed by atoms with van der Waals surface area (Å²) in [5, 5.41) is 13.3. The largest absolute Gasteiger partial charge is 0.453 e. The summed E-state index contributed by atoms with van der Waals surface area (Å²) < 4.78 is 5.29. The first-order chi connectivity index (χ1) is 9.47. The Balaban J connectivity index is 2.06. The van der Waals surface area contributed by atoms with Gasteiger partial charge < -0.3 is 15.2 Å². The van der Waals surface area contributed by atoms with Crippen LogP contribution in [-0.2, 0) is 14.3 Å². The molecule has 5 nitrogen and oxygen atoms in total. The summed E-state index contributed by atoms with van der Waals surface area (Å²) >= 11 is 0. The molecule has 2 aliphatic rings. The number of fused-ring (bicyclic) bond motifs is 1. The molecule has 0 aromatic heterocycles. The monoisotopic (exact) mass is 275 g/mol. The SMILES string of the molecule is CCC1C(=O)NC2(C(O)c3ccccc3)C(=O)OC12C. The lowest BCUT2D eigenvalue weighted by molar-refractivity contribution is -0.236. The Bertz CT molecular complexity index is 572. The van der Waals surface area contributed by atoms with Crippen LogP contribution in [0, 0.1) is 5.92 Å². The minimum atomic E-state index is -1.37. The van der Waals surface area contributed by atoms with E-state index < -0.39 is 29.1 Å². The molecule has 5 heteroatoms. The summed E-state index contributed by atoms with van der Waals surface area (Å²) in [5.74, 6) is -1.24. The van der Waals surface area contributed by atoms with Gasteiger partial charge in [0.05, 0.1) is 5.92 Å². The number of carbonyl (C=O) groups excluding carboxylic acids is 2. The van der Waals surface area contributed by atoms with Gasteiger partial charge >= 0.3 is 5.97 Å². The van der Waals surface area contributed by atoms with Gasteiger partial charge in [-0.15, -0.1) is 0 Å². The number of rotatable bonds is 3. The smallest absolute Gasteiger partial charge is 0.339 e. The van der Waals surface area contributed by atoms with E-state index in [0.29, 0.717) is 12.0 Å². The molecule has 2 aliphatic heterocycles. The second kappa shape index (κ2) is 4.06. The molecule has 0 radical (unpaired) electrons. The highest BCUT2D eigenvalue weighted by Crippen LogP contribution is 2.54. The summed E-state index contributed by atoms with van der Waals surface area (Å²) in [6.45, 7) is 3.58. The van der Waals surface area contributed by atoms with E-state index in [1.807, 2.05) is 13.0 Å².